The van der Waals surface area contributed by atoms with Crippen molar-refractivity contribution >= 4 is 5.57 Å². The predicted octanol–water partition coefficient (Wildman–Crippen LogP) is 4.49. The minimum atomic E-state index is -1.14. The quantitative estimate of drug-likeness (QED) is 0.656. The molecule has 1 heterocycles. The summed E-state index contributed by atoms with van der Waals surface area (Å²) in [5.74, 6) is 0.410. The highest BCUT2D eigenvalue weighted by atomic mass is 16.5. The van der Waals surface area contributed by atoms with Gasteiger partial charge in [0, 0.05) is 25.4 Å². The van der Waals surface area contributed by atoms with E-state index < -0.39 is 5.60 Å². The van der Waals surface area contributed by atoms with Crippen LogP contribution in [0.5, 0.6) is 5.75 Å². The van der Waals surface area contributed by atoms with Gasteiger partial charge in [-0.1, -0.05) is 48.6 Å². The topological polar surface area (TPSA) is 74.6 Å². The van der Waals surface area contributed by atoms with E-state index >= 15 is 0 Å². The first kappa shape index (κ1) is 18.3. The smallest absolute Gasteiger partial charge is 0.216 e. The standard InChI is InChI=1S/C24H18N4O/c25-15-22-7-6-19(16-28-13-12-27-18-28)14-23(22)29-24(17-26)10-8-21(9-11-24)20-4-2-1-3-5-20/h1-10,12-14,18H,11,16H2. The summed E-state index contributed by atoms with van der Waals surface area (Å²) < 4.78 is 8.05. The zero-order valence-corrected chi connectivity index (χ0v) is 15.7. The maximum atomic E-state index is 9.85. The number of ether oxygens (including phenoxy) is 1. The molecule has 4 rings (SSSR count). The molecule has 140 valence electrons. The highest BCUT2D eigenvalue weighted by Gasteiger charge is 2.31. The minimum absolute atomic E-state index is 0.403. The summed E-state index contributed by atoms with van der Waals surface area (Å²) in [5, 5.41) is 19.3. The van der Waals surface area contributed by atoms with Crippen molar-refractivity contribution in [2.24, 2.45) is 0 Å². The van der Waals surface area contributed by atoms with Crippen LogP contribution in [0.3, 0.4) is 0 Å². The van der Waals surface area contributed by atoms with E-state index in [9.17, 15) is 10.5 Å². The molecule has 0 fully saturated rings. The fourth-order valence-electron chi connectivity index (χ4n) is 3.28. The summed E-state index contributed by atoms with van der Waals surface area (Å²) >= 11 is 0. The van der Waals surface area contributed by atoms with Gasteiger partial charge < -0.3 is 9.30 Å². The molecule has 5 heteroatoms. The predicted molar refractivity (Wildman–Crippen MR) is 110 cm³/mol. The van der Waals surface area contributed by atoms with Gasteiger partial charge in [-0.3, -0.25) is 0 Å². The molecule has 2 aromatic carbocycles. The molecular formula is C24H18N4O. The molecule has 0 saturated carbocycles. The third kappa shape index (κ3) is 3.95. The van der Waals surface area contributed by atoms with Gasteiger partial charge in [0.25, 0.3) is 0 Å². The highest BCUT2D eigenvalue weighted by Crippen LogP contribution is 2.32. The Labute approximate surface area is 169 Å². The number of hydrogen-bond acceptors (Lipinski definition) is 4. The molecule has 0 amide bonds. The van der Waals surface area contributed by atoms with Crippen LogP contribution in [0.15, 0.2) is 85.5 Å². The lowest BCUT2D eigenvalue weighted by molar-refractivity contribution is 0.180. The molecule has 1 aromatic heterocycles. The molecule has 1 unspecified atom stereocenters. The monoisotopic (exact) mass is 378 g/mol. The second-order valence-electron chi connectivity index (χ2n) is 6.84. The first-order valence-electron chi connectivity index (χ1n) is 9.25. The van der Waals surface area contributed by atoms with Crippen LogP contribution in [-0.4, -0.2) is 15.2 Å². The molecule has 3 aromatic rings. The Morgan fingerprint density at radius 3 is 2.66 bits per heavy atom. The first-order chi connectivity index (χ1) is 14.2. The maximum absolute atomic E-state index is 9.85. The summed E-state index contributed by atoms with van der Waals surface area (Å²) in [4.78, 5) is 4.05. The Kier molecular flexibility index (Phi) is 4.97. The maximum Gasteiger partial charge on any atom is 0.216 e. The molecule has 0 saturated heterocycles. The summed E-state index contributed by atoms with van der Waals surface area (Å²) in [7, 11) is 0. The molecule has 1 aliphatic carbocycles. The van der Waals surface area contributed by atoms with E-state index in [4.69, 9.17) is 4.74 Å². The molecule has 0 bridgehead atoms. The minimum Gasteiger partial charge on any atom is -0.467 e. The van der Waals surface area contributed by atoms with Gasteiger partial charge in [0.05, 0.1) is 11.9 Å². The Morgan fingerprint density at radius 1 is 1.14 bits per heavy atom. The molecule has 1 atom stereocenters. The van der Waals surface area contributed by atoms with Crippen molar-refractivity contribution in [1.82, 2.24) is 9.55 Å². The van der Waals surface area contributed by atoms with Crippen molar-refractivity contribution in [2.45, 2.75) is 18.6 Å². The van der Waals surface area contributed by atoms with E-state index in [1.54, 1.807) is 24.7 Å². The largest absolute Gasteiger partial charge is 0.467 e. The van der Waals surface area contributed by atoms with E-state index in [1.165, 1.54) is 0 Å². The Hall–Kier alpha value is -4.09. The van der Waals surface area contributed by atoms with Crippen LogP contribution in [0.2, 0.25) is 0 Å². The summed E-state index contributed by atoms with van der Waals surface area (Å²) in [6.07, 6.45) is 11.4. The lowest BCUT2D eigenvalue weighted by Crippen LogP contribution is -2.33. The second kappa shape index (κ2) is 7.88. The number of allylic oxidation sites excluding steroid dienone is 2. The lowest BCUT2D eigenvalue weighted by atomic mass is 9.90. The van der Waals surface area contributed by atoms with Gasteiger partial charge in [0.2, 0.25) is 5.60 Å². The van der Waals surface area contributed by atoms with E-state index in [0.29, 0.717) is 24.3 Å². The van der Waals surface area contributed by atoms with Crippen molar-refractivity contribution in [3.05, 3.63) is 102 Å². The van der Waals surface area contributed by atoms with Crippen molar-refractivity contribution in [2.75, 3.05) is 0 Å². The summed E-state index contributed by atoms with van der Waals surface area (Å²) in [6.45, 7) is 0.607. The van der Waals surface area contributed by atoms with E-state index in [2.05, 4.69) is 17.1 Å². The molecule has 0 aliphatic heterocycles. The molecule has 0 spiro atoms. The molecule has 0 N–H and O–H groups in total. The second-order valence-corrected chi connectivity index (χ2v) is 6.84. The molecule has 5 nitrogen and oxygen atoms in total. The van der Waals surface area contributed by atoms with E-state index in [0.717, 1.165) is 16.7 Å². The number of hydrogen-bond donors (Lipinski definition) is 0. The average molecular weight is 378 g/mol. The first-order valence-corrected chi connectivity index (χ1v) is 9.25. The molecule has 29 heavy (non-hydrogen) atoms. The molecule has 1 aliphatic rings. The molecular weight excluding hydrogens is 360 g/mol. The van der Waals surface area contributed by atoms with Gasteiger partial charge in [-0.25, -0.2) is 4.98 Å². The average Bonchev–Trinajstić information content (AvgIpc) is 3.28. The van der Waals surface area contributed by atoms with Gasteiger partial charge in [-0.05, 0) is 34.9 Å². The normalized spacial score (nSPS) is 17.8. The van der Waals surface area contributed by atoms with Crippen LogP contribution in [0.1, 0.15) is 23.1 Å². The Morgan fingerprint density at radius 2 is 2.00 bits per heavy atom. The zero-order valence-electron chi connectivity index (χ0n) is 15.7. The summed E-state index contributed by atoms with van der Waals surface area (Å²) in [5.41, 5.74) is 2.37. The van der Waals surface area contributed by atoms with Gasteiger partial charge in [0.15, 0.2) is 0 Å². The highest BCUT2D eigenvalue weighted by molar-refractivity contribution is 5.75. The van der Waals surface area contributed by atoms with Gasteiger partial charge in [0.1, 0.15) is 17.9 Å². The van der Waals surface area contributed by atoms with Crippen LogP contribution in [0.4, 0.5) is 0 Å². The SMILES string of the molecule is N#Cc1ccc(Cn2ccnc2)cc1OC1(C#N)C=CC(c2ccccc2)=CC1. The van der Waals surface area contributed by atoms with E-state index in [1.807, 2.05) is 65.4 Å². The third-order valence-corrected chi connectivity index (χ3v) is 4.84. The molecule has 0 radical (unpaired) electrons. The van der Waals surface area contributed by atoms with Gasteiger partial charge in [-0.2, -0.15) is 10.5 Å². The number of nitriles is 2. The number of aromatic nitrogens is 2. The number of rotatable bonds is 5. The van der Waals surface area contributed by atoms with Gasteiger partial charge in [-0.15, -0.1) is 0 Å². The van der Waals surface area contributed by atoms with E-state index in [-0.39, 0.29) is 0 Å². The number of benzene rings is 2. The lowest BCUT2D eigenvalue weighted by Gasteiger charge is -2.27. The van der Waals surface area contributed by atoms with Crippen molar-refractivity contribution < 1.29 is 4.74 Å². The fraction of sp³-hybridized carbons (Fsp3) is 0.125. The van der Waals surface area contributed by atoms with Crippen molar-refractivity contribution in [3.8, 4) is 17.9 Å². The fourth-order valence-corrected chi connectivity index (χ4v) is 3.28. The van der Waals surface area contributed by atoms with Crippen LogP contribution < -0.4 is 4.74 Å². The van der Waals surface area contributed by atoms with Crippen LogP contribution in [0, 0.1) is 22.7 Å². The van der Waals surface area contributed by atoms with Crippen molar-refractivity contribution in [1.29, 1.82) is 10.5 Å². The van der Waals surface area contributed by atoms with Crippen molar-refractivity contribution in [3.63, 3.8) is 0 Å². The Balaban J connectivity index is 1.59. The van der Waals surface area contributed by atoms with Crippen LogP contribution >= 0.6 is 0 Å². The van der Waals surface area contributed by atoms with Crippen LogP contribution in [0.25, 0.3) is 5.57 Å². The Bertz CT molecular complexity index is 1150. The van der Waals surface area contributed by atoms with Gasteiger partial charge >= 0.3 is 0 Å². The number of nitrogens with zero attached hydrogens (tertiary/aromatic N) is 4. The number of imidazole rings is 1. The van der Waals surface area contributed by atoms with Crippen LogP contribution in [-0.2, 0) is 6.54 Å². The summed E-state index contributed by atoms with van der Waals surface area (Å²) in [6, 6.07) is 19.9. The third-order valence-electron chi connectivity index (χ3n) is 4.84. The zero-order chi connectivity index (χ0) is 20.1.